The van der Waals surface area contributed by atoms with E-state index in [1.54, 1.807) is 27.7 Å². The van der Waals surface area contributed by atoms with Gasteiger partial charge in [-0.15, -0.1) is 0 Å². The molecule has 0 spiro atoms. The van der Waals surface area contributed by atoms with Gasteiger partial charge in [0.1, 0.15) is 0 Å². The van der Waals surface area contributed by atoms with E-state index in [1.807, 2.05) is 20.8 Å². The molecular weight excluding hydrogens is 256 g/mol. The van der Waals surface area contributed by atoms with Crippen molar-refractivity contribution in [1.29, 1.82) is 0 Å². The van der Waals surface area contributed by atoms with Crippen molar-refractivity contribution in [2.75, 3.05) is 13.2 Å². The molecule has 4 nitrogen and oxygen atoms in total. The zero-order chi connectivity index (χ0) is 16.0. The van der Waals surface area contributed by atoms with Crippen molar-refractivity contribution >= 4 is 11.9 Å². The minimum atomic E-state index is -0.925. The highest BCUT2D eigenvalue weighted by atomic mass is 16.5. The lowest BCUT2D eigenvalue weighted by atomic mass is 9.68. The Kier molecular flexibility index (Phi) is 7.25. The molecular formula is C16H30O4. The van der Waals surface area contributed by atoms with Crippen molar-refractivity contribution < 1.29 is 19.1 Å². The summed E-state index contributed by atoms with van der Waals surface area (Å²) in [7, 11) is 0. The normalized spacial score (nSPS) is 12.4. The molecule has 0 amide bonds. The largest absolute Gasteiger partial charge is 0.465 e. The lowest BCUT2D eigenvalue weighted by Crippen LogP contribution is -2.47. The van der Waals surface area contributed by atoms with Crippen molar-refractivity contribution in [3.05, 3.63) is 0 Å². The van der Waals surface area contributed by atoms with E-state index in [1.165, 1.54) is 0 Å². The maximum atomic E-state index is 12.2. The number of ether oxygens (including phenoxy) is 2. The lowest BCUT2D eigenvalue weighted by Gasteiger charge is -2.37. The second-order valence-corrected chi connectivity index (χ2v) is 6.73. The Morgan fingerprint density at radius 1 is 0.950 bits per heavy atom. The molecule has 0 bridgehead atoms. The van der Waals surface area contributed by atoms with Gasteiger partial charge in [0, 0.05) is 0 Å². The Morgan fingerprint density at radius 3 is 1.80 bits per heavy atom. The zero-order valence-electron chi connectivity index (χ0n) is 14.0. The number of esters is 2. The fourth-order valence-electron chi connectivity index (χ4n) is 1.42. The van der Waals surface area contributed by atoms with E-state index < -0.39 is 10.8 Å². The molecule has 0 aliphatic carbocycles. The van der Waals surface area contributed by atoms with Gasteiger partial charge >= 0.3 is 11.9 Å². The molecule has 118 valence electrons. The van der Waals surface area contributed by atoms with E-state index in [0.29, 0.717) is 13.2 Å². The SMILES string of the molecule is CCCCOC(=O)C(C)(C)C(C)(C)C(=O)OCC(C)C. The molecule has 20 heavy (non-hydrogen) atoms. The maximum Gasteiger partial charge on any atom is 0.312 e. The molecule has 0 fully saturated rings. The molecule has 0 saturated carbocycles. The van der Waals surface area contributed by atoms with E-state index >= 15 is 0 Å². The molecule has 0 N–H and O–H groups in total. The Morgan fingerprint density at radius 2 is 1.40 bits per heavy atom. The van der Waals surface area contributed by atoms with Gasteiger partial charge in [-0.05, 0) is 40.0 Å². The van der Waals surface area contributed by atoms with Gasteiger partial charge in [0.05, 0.1) is 24.0 Å². The molecule has 0 aromatic heterocycles. The van der Waals surface area contributed by atoms with Gasteiger partial charge in [0.15, 0.2) is 0 Å². The first-order valence-electron chi connectivity index (χ1n) is 7.41. The third-order valence-electron chi connectivity index (χ3n) is 3.86. The van der Waals surface area contributed by atoms with Gasteiger partial charge in [-0.3, -0.25) is 9.59 Å². The highest BCUT2D eigenvalue weighted by Gasteiger charge is 2.50. The predicted molar refractivity (Wildman–Crippen MR) is 79.2 cm³/mol. The zero-order valence-corrected chi connectivity index (χ0v) is 14.0. The number of rotatable bonds is 8. The number of carbonyl (C=O) groups excluding carboxylic acids is 2. The molecule has 0 saturated heterocycles. The van der Waals surface area contributed by atoms with Gasteiger partial charge in [0.25, 0.3) is 0 Å². The summed E-state index contributed by atoms with van der Waals surface area (Å²) in [6.07, 6.45) is 1.80. The molecule has 0 rings (SSSR count). The predicted octanol–water partition coefficient (Wildman–Crippen LogP) is 3.58. The van der Waals surface area contributed by atoms with E-state index in [9.17, 15) is 9.59 Å². The number of hydrogen-bond acceptors (Lipinski definition) is 4. The topological polar surface area (TPSA) is 52.6 Å². The third-order valence-corrected chi connectivity index (χ3v) is 3.86. The second kappa shape index (κ2) is 7.65. The van der Waals surface area contributed by atoms with E-state index in [2.05, 4.69) is 0 Å². The molecule has 0 aromatic rings. The standard InChI is InChI=1S/C16H30O4/c1-8-9-10-19-13(17)15(4,5)16(6,7)14(18)20-11-12(2)3/h12H,8-11H2,1-7H3. The Hall–Kier alpha value is -1.06. The molecule has 0 radical (unpaired) electrons. The van der Waals surface area contributed by atoms with Crippen LogP contribution in [0.25, 0.3) is 0 Å². The Balaban J connectivity index is 4.77. The molecule has 0 unspecified atom stereocenters. The van der Waals surface area contributed by atoms with E-state index in [-0.39, 0.29) is 17.9 Å². The van der Waals surface area contributed by atoms with E-state index in [0.717, 1.165) is 12.8 Å². The summed E-state index contributed by atoms with van der Waals surface area (Å²) in [5.74, 6) is -0.435. The number of hydrogen-bond donors (Lipinski definition) is 0. The van der Waals surface area contributed by atoms with Crippen LogP contribution in [0.4, 0.5) is 0 Å². The summed E-state index contributed by atoms with van der Waals surface area (Å²) in [5.41, 5.74) is -1.85. The van der Waals surface area contributed by atoms with Crippen molar-refractivity contribution in [3.8, 4) is 0 Å². The molecule has 0 heterocycles. The number of carbonyl (C=O) groups is 2. The van der Waals surface area contributed by atoms with Gasteiger partial charge in [-0.1, -0.05) is 27.2 Å². The summed E-state index contributed by atoms with van der Waals surface area (Å²) in [4.78, 5) is 24.4. The van der Waals surface area contributed by atoms with Gasteiger partial charge in [0.2, 0.25) is 0 Å². The summed E-state index contributed by atoms with van der Waals surface area (Å²) in [5, 5.41) is 0. The van der Waals surface area contributed by atoms with Gasteiger partial charge in [-0.2, -0.15) is 0 Å². The molecule has 0 aliphatic heterocycles. The van der Waals surface area contributed by atoms with Crippen LogP contribution in [0, 0.1) is 16.7 Å². The fraction of sp³-hybridized carbons (Fsp3) is 0.875. The molecule has 0 aliphatic rings. The summed E-state index contributed by atoms with van der Waals surface area (Å²) in [6, 6.07) is 0. The highest BCUT2D eigenvalue weighted by Crippen LogP contribution is 2.40. The number of unbranched alkanes of at least 4 members (excludes halogenated alkanes) is 1. The monoisotopic (exact) mass is 286 g/mol. The summed E-state index contributed by atoms with van der Waals surface area (Å²) >= 11 is 0. The van der Waals surface area contributed by atoms with Crippen LogP contribution in [0.1, 0.15) is 61.3 Å². The third kappa shape index (κ3) is 4.80. The Labute approximate surface area is 123 Å². The maximum absolute atomic E-state index is 12.2. The first-order valence-corrected chi connectivity index (χ1v) is 7.41. The molecule has 0 aromatic carbocycles. The highest BCUT2D eigenvalue weighted by molar-refractivity contribution is 5.87. The van der Waals surface area contributed by atoms with Crippen LogP contribution in [-0.4, -0.2) is 25.2 Å². The minimum Gasteiger partial charge on any atom is -0.465 e. The smallest absolute Gasteiger partial charge is 0.312 e. The van der Waals surface area contributed by atoms with Crippen LogP contribution in [0.15, 0.2) is 0 Å². The van der Waals surface area contributed by atoms with Crippen molar-refractivity contribution in [2.45, 2.75) is 61.3 Å². The van der Waals surface area contributed by atoms with Crippen LogP contribution < -0.4 is 0 Å². The summed E-state index contributed by atoms with van der Waals surface area (Å²) < 4.78 is 10.5. The lowest BCUT2D eigenvalue weighted by molar-refractivity contribution is -0.176. The van der Waals surface area contributed by atoms with Crippen molar-refractivity contribution in [1.82, 2.24) is 0 Å². The second-order valence-electron chi connectivity index (χ2n) is 6.73. The van der Waals surface area contributed by atoms with Crippen molar-refractivity contribution in [2.24, 2.45) is 16.7 Å². The van der Waals surface area contributed by atoms with Crippen LogP contribution in [0.5, 0.6) is 0 Å². The Bertz CT molecular complexity index is 329. The van der Waals surface area contributed by atoms with Crippen LogP contribution >= 0.6 is 0 Å². The van der Waals surface area contributed by atoms with E-state index in [4.69, 9.17) is 9.47 Å². The van der Waals surface area contributed by atoms with Crippen molar-refractivity contribution in [3.63, 3.8) is 0 Å². The van der Waals surface area contributed by atoms with Crippen LogP contribution in [0.2, 0.25) is 0 Å². The molecule has 4 heteroatoms. The van der Waals surface area contributed by atoms with Gasteiger partial charge < -0.3 is 9.47 Å². The summed E-state index contributed by atoms with van der Waals surface area (Å²) in [6.45, 7) is 13.7. The fourth-order valence-corrected chi connectivity index (χ4v) is 1.42. The molecule has 0 atom stereocenters. The minimum absolute atomic E-state index is 0.273. The van der Waals surface area contributed by atoms with Gasteiger partial charge in [-0.25, -0.2) is 0 Å². The quantitative estimate of drug-likeness (QED) is 0.505. The average Bonchev–Trinajstić information content (AvgIpc) is 2.35. The first-order chi connectivity index (χ1) is 9.07. The first kappa shape index (κ1) is 18.9. The van der Waals surface area contributed by atoms with Crippen LogP contribution in [0.3, 0.4) is 0 Å². The van der Waals surface area contributed by atoms with Crippen LogP contribution in [-0.2, 0) is 19.1 Å². The average molecular weight is 286 g/mol.